The maximum Gasteiger partial charge on any atom is 0.408 e. The smallest absolute Gasteiger partial charge is 0.408 e. The van der Waals surface area contributed by atoms with Gasteiger partial charge in [0.1, 0.15) is 30.5 Å². The number of nitrogens with zero attached hydrogens (tertiary/aromatic N) is 3. The quantitative estimate of drug-likeness (QED) is 0.0736. The van der Waals surface area contributed by atoms with E-state index in [4.69, 9.17) is 14.5 Å². The highest BCUT2D eigenvalue weighted by molar-refractivity contribution is 5.90. The first-order chi connectivity index (χ1) is 33.7. The zero-order valence-electron chi connectivity index (χ0n) is 39.0. The van der Waals surface area contributed by atoms with E-state index in [0.29, 0.717) is 24.6 Å². The second-order valence-corrected chi connectivity index (χ2v) is 17.7. The number of amides is 3. The number of hydrogen-bond acceptors (Lipinski definition) is 6. The Hall–Kier alpha value is -8.24. The Morgan fingerprint density at radius 3 is 1.59 bits per heavy atom. The van der Waals surface area contributed by atoms with E-state index in [1.165, 1.54) is 4.90 Å². The number of imidazole rings is 1. The lowest BCUT2D eigenvalue weighted by Gasteiger charge is -2.39. The van der Waals surface area contributed by atoms with Crippen LogP contribution in [0.1, 0.15) is 58.5 Å². The first kappa shape index (κ1) is 47.3. The molecule has 0 unspecified atom stereocenters. The lowest BCUT2D eigenvalue weighted by molar-refractivity contribution is -0.138. The Kier molecular flexibility index (Phi) is 15.4. The molecule has 1 atom stereocenters. The van der Waals surface area contributed by atoms with E-state index in [9.17, 15) is 9.59 Å². The Morgan fingerprint density at radius 1 is 0.594 bits per heavy atom. The number of rotatable bonds is 20. The largest absolute Gasteiger partial charge is 0.489 e. The van der Waals surface area contributed by atoms with Gasteiger partial charge in [-0.3, -0.25) is 9.59 Å². The van der Waals surface area contributed by atoms with Gasteiger partial charge in [0.25, 0.3) is 0 Å². The van der Waals surface area contributed by atoms with Gasteiger partial charge < -0.3 is 29.6 Å². The molecule has 0 radical (unpaired) electrons. The van der Waals surface area contributed by atoms with E-state index in [0.717, 1.165) is 38.9 Å². The number of nitrogens with one attached hydrogen (secondary N) is 2. The molecule has 0 saturated carbocycles. The van der Waals surface area contributed by atoms with Gasteiger partial charge in [-0.15, -0.1) is 0 Å². The zero-order valence-corrected chi connectivity index (χ0v) is 39.0. The van der Waals surface area contributed by atoms with Crippen LogP contribution in [0, 0.1) is 0 Å². The number of carbonyl (C=O) groups is 3. The Balaban J connectivity index is 1.15. The molecule has 10 heteroatoms. The summed E-state index contributed by atoms with van der Waals surface area (Å²) in [7, 11) is 0. The summed E-state index contributed by atoms with van der Waals surface area (Å²) in [5.41, 5.74) is 5.87. The van der Waals surface area contributed by atoms with Crippen LogP contribution in [0.25, 0.3) is 0 Å². The van der Waals surface area contributed by atoms with Crippen molar-refractivity contribution in [2.45, 2.75) is 57.0 Å². The summed E-state index contributed by atoms with van der Waals surface area (Å²) in [5.74, 6) is -0.165. The predicted molar refractivity (Wildman–Crippen MR) is 269 cm³/mol. The average molecular weight is 916 g/mol. The lowest BCUT2D eigenvalue weighted by atomic mass is 9.76. The fraction of sp³-hybridized carbons (Fsp3) is 0.186. The standard InChI is InChI=1S/C59H57N5O5/c1-58(2,48-25-13-5-14-26-48)43-61-55(65)40-63(39-45-33-35-53(36-34-45)68-41-46-21-9-3-10-22-46)56(66)54(62-57(67)69-42-47-23-11-4-12-24-47)37-52-38-60-44-64(52)59(49-27-15-6-16-28-49,50-29-17-7-18-30-50)51-31-19-8-20-32-51/h3-36,38,44,54H,37,39-43H2,1-2H3,(H,61,65)(H,62,67)/t54-/m0/s1. The number of hydrogen-bond donors (Lipinski definition) is 2. The molecule has 69 heavy (non-hydrogen) atoms. The second kappa shape index (κ2) is 22.5. The summed E-state index contributed by atoms with van der Waals surface area (Å²) in [4.78, 5) is 49.7. The third-order valence-electron chi connectivity index (χ3n) is 12.3. The van der Waals surface area contributed by atoms with Crippen LogP contribution in [-0.2, 0) is 51.5 Å². The van der Waals surface area contributed by atoms with Gasteiger partial charge in [-0.2, -0.15) is 0 Å². The fourth-order valence-corrected chi connectivity index (χ4v) is 8.67. The van der Waals surface area contributed by atoms with Crippen molar-refractivity contribution in [1.82, 2.24) is 25.1 Å². The molecule has 3 amide bonds. The van der Waals surface area contributed by atoms with Crippen molar-refractivity contribution >= 4 is 17.9 Å². The highest BCUT2D eigenvalue weighted by Crippen LogP contribution is 2.42. The predicted octanol–water partition coefficient (Wildman–Crippen LogP) is 10.3. The van der Waals surface area contributed by atoms with E-state index in [2.05, 4.69) is 65.4 Å². The van der Waals surface area contributed by atoms with Crippen LogP contribution in [0.5, 0.6) is 5.75 Å². The fourth-order valence-electron chi connectivity index (χ4n) is 8.67. The first-order valence-corrected chi connectivity index (χ1v) is 23.2. The summed E-state index contributed by atoms with van der Waals surface area (Å²) in [6, 6.07) is 66.1. The first-order valence-electron chi connectivity index (χ1n) is 23.2. The molecule has 0 spiro atoms. The highest BCUT2D eigenvalue weighted by atomic mass is 16.5. The van der Waals surface area contributed by atoms with Gasteiger partial charge in [-0.25, -0.2) is 9.78 Å². The normalized spacial score (nSPS) is 11.8. The van der Waals surface area contributed by atoms with Gasteiger partial charge in [-0.1, -0.05) is 208 Å². The van der Waals surface area contributed by atoms with Crippen LogP contribution in [0.4, 0.5) is 4.79 Å². The molecule has 1 aromatic heterocycles. The molecule has 0 fully saturated rings. The molecular weight excluding hydrogens is 859 g/mol. The summed E-state index contributed by atoms with van der Waals surface area (Å²) >= 11 is 0. The number of benzene rings is 7. The Morgan fingerprint density at radius 2 is 1.07 bits per heavy atom. The number of aromatic nitrogens is 2. The summed E-state index contributed by atoms with van der Waals surface area (Å²) < 4.78 is 13.9. The number of alkyl carbamates (subject to hydrolysis) is 1. The maximum atomic E-state index is 15.5. The molecule has 0 aliphatic rings. The van der Waals surface area contributed by atoms with Crippen molar-refractivity contribution in [3.63, 3.8) is 0 Å². The number of ether oxygens (including phenoxy) is 2. The van der Waals surface area contributed by atoms with Gasteiger partial charge in [0.05, 0.1) is 12.9 Å². The molecule has 348 valence electrons. The molecule has 0 aliphatic carbocycles. The third kappa shape index (κ3) is 11.8. The van der Waals surface area contributed by atoms with Crippen LogP contribution >= 0.6 is 0 Å². The van der Waals surface area contributed by atoms with Gasteiger partial charge in [0.15, 0.2) is 0 Å². The second-order valence-electron chi connectivity index (χ2n) is 17.7. The Labute approximate surface area is 404 Å². The molecule has 10 nitrogen and oxygen atoms in total. The van der Waals surface area contributed by atoms with E-state index in [1.807, 2.05) is 170 Å². The molecule has 1 heterocycles. The summed E-state index contributed by atoms with van der Waals surface area (Å²) in [6.45, 7) is 4.63. The van der Waals surface area contributed by atoms with Crippen molar-refractivity contribution in [3.05, 3.63) is 263 Å². The zero-order chi connectivity index (χ0) is 47.9. The summed E-state index contributed by atoms with van der Waals surface area (Å²) in [6.07, 6.45) is 2.73. The van der Waals surface area contributed by atoms with E-state index in [-0.39, 0.29) is 32.0 Å². The molecule has 7 aromatic carbocycles. The Bertz CT molecular complexity index is 2760. The van der Waals surface area contributed by atoms with Crippen molar-refractivity contribution in [2.75, 3.05) is 13.1 Å². The molecule has 2 N–H and O–H groups in total. The van der Waals surface area contributed by atoms with Crippen molar-refractivity contribution < 1.29 is 23.9 Å². The SMILES string of the molecule is CC(C)(CNC(=O)CN(Cc1ccc(OCc2ccccc2)cc1)C(=O)[C@H](Cc1cncn1C(c1ccccc1)(c1ccccc1)c1ccccc1)NC(=O)OCc1ccccc1)c1ccccc1. The minimum Gasteiger partial charge on any atom is -0.489 e. The van der Waals surface area contributed by atoms with E-state index >= 15 is 4.79 Å². The van der Waals surface area contributed by atoms with E-state index in [1.54, 1.807) is 12.5 Å². The minimum atomic E-state index is -1.20. The molecule has 0 saturated heterocycles. The molecular formula is C59H57N5O5. The van der Waals surface area contributed by atoms with Crippen LogP contribution in [0.3, 0.4) is 0 Å². The van der Waals surface area contributed by atoms with Crippen molar-refractivity contribution in [3.8, 4) is 5.75 Å². The third-order valence-corrected chi connectivity index (χ3v) is 12.3. The van der Waals surface area contributed by atoms with Crippen LogP contribution in [0.15, 0.2) is 219 Å². The molecule has 8 aromatic rings. The number of carbonyl (C=O) groups excluding carboxylic acids is 3. The van der Waals surface area contributed by atoms with Gasteiger partial charge in [0, 0.05) is 36.8 Å². The summed E-state index contributed by atoms with van der Waals surface area (Å²) in [5, 5.41) is 6.04. The van der Waals surface area contributed by atoms with Crippen LogP contribution in [0.2, 0.25) is 0 Å². The topological polar surface area (TPSA) is 115 Å². The van der Waals surface area contributed by atoms with Gasteiger partial charge in [0.2, 0.25) is 11.8 Å². The van der Waals surface area contributed by atoms with E-state index < -0.39 is 29.0 Å². The monoisotopic (exact) mass is 915 g/mol. The van der Waals surface area contributed by atoms with Crippen molar-refractivity contribution in [1.29, 1.82) is 0 Å². The molecule has 8 rings (SSSR count). The van der Waals surface area contributed by atoms with Gasteiger partial charge >= 0.3 is 6.09 Å². The molecule has 0 bridgehead atoms. The van der Waals surface area contributed by atoms with Crippen LogP contribution in [-0.4, -0.2) is 51.5 Å². The lowest BCUT2D eigenvalue weighted by Crippen LogP contribution is -2.52. The molecule has 0 aliphatic heterocycles. The van der Waals surface area contributed by atoms with Crippen LogP contribution < -0.4 is 15.4 Å². The van der Waals surface area contributed by atoms with Crippen molar-refractivity contribution in [2.24, 2.45) is 0 Å². The highest BCUT2D eigenvalue weighted by Gasteiger charge is 2.41. The van der Waals surface area contributed by atoms with Gasteiger partial charge in [-0.05, 0) is 51.1 Å². The average Bonchev–Trinajstić information content (AvgIpc) is 3.86. The maximum absolute atomic E-state index is 15.5. The minimum absolute atomic E-state index is 0.00105.